The molecule has 1 saturated heterocycles. The summed E-state index contributed by atoms with van der Waals surface area (Å²) in [6.07, 6.45) is 10.1. The topological polar surface area (TPSA) is 96.7 Å². The Labute approximate surface area is 187 Å². The number of hydrogen-bond donors (Lipinski definition) is 0. The quantitative estimate of drug-likeness (QED) is 0.714. The standard InChI is InChI=1S/C22H29N7O3/c1-3-17-21(31)26(2)18-13-23-22(25-19(18)29(17)16-6-4-5-7-16)28-14-15(12-24-28)20(30)27-8-10-32-11-9-27/h12-14,16-17H,3-11H2,1-2H3/t17-/m1/s1. The third-order valence-corrected chi connectivity index (χ3v) is 6.73. The second-order valence-electron chi connectivity index (χ2n) is 8.62. The number of amides is 2. The summed E-state index contributed by atoms with van der Waals surface area (Å²) < 4.78 is 6.87. The van der Waals surface area contributed by atoms with E-state index in [0.717, 1.165) is 25.1 Å². The molecular weight excluding hydrogens is 410 g/mol. The molecule has 170 valence electrons. The molecule has 1 saturated carbocycles. The van der Waals surface area contributed by atoms with E-state index in [1.165, 1.54) is 17.5 Å². The van der Waals surface area contributed by atoms with Crippen LogP contribution >= 0.6 is 0 Å². The van der Waals surface area contributed by atoms with Crippen LogP contribution in [-0.2, 0) is 9.53 Å². The van der Waals surface area contributed by atoms with Crippen LogP contribution in [0.1, 0.15) is 49.4 Å². The molecule has 0 aromatic carbocycles. The van der Waals surface area contributed by atoms with E-state index >= 15 is 0 Å². The minimum absolute atomic E-state index is 0.0681. The van der Waals surface area contributed by atoms with Crippen molar-refractivity contribution in [3.05, 3.63) is 24.2 Å². The van der Waals surface area contributed by atoms with E-state index < -0.39 is 0 Å². The molecule has 10 nitrogen and oxygen atoms in total. The molecule has 2 aliphatic heterocycles. The first-order valence-corrected chi connectivity index (χ1v) is 11.4. The molecule has 1 aliphatic carbocycles. The molecule has 1 atom stereocenters. The lowest BCUT2D eigenvalue weighted by atomic mass is 10.0. The molecule has 3 aliphatic rings. The van der Waals surface area contributed by atoms with Gasteiger partial charge in [0.1, 0.15) is 11.7 Å². The molecule has 2 aromatic heterocycles. The van der Waals surface area contributed by atoms with Crippen LogP contribution < -0.4 is 9.80 Å². The van der Waals surface area contributed by atoms with Gasteiger partial charge in [0.05, 0.1) is 31.2 Å². The van der Waals surface area contributed by atoms with Gasteiger partial charge in [-0.2, -0.15) is 10.1 Å². The third-order valence-electron chi connectivity index (χ3n) is 6.73. The van der Waals surface area contributed by atoms with E-state index in [2.05, 4.69) is 15.0 Å². The minimum Gasteiger partial charge on any atom is -0.378 e. The summed E-state index contributed by atoms with van der Waals surface area (Å²) in [5, 5.41) is 4.36. The summed E-state index contributed by atoms with van der Waals surface area (Å²) in [6, 6.07) is 0.0737. The van der Waals surface area contributed by atoms with Gasteiger partial charge in [-0.15, -0.1) is 0 Å². The maximum Gasteiger partial charge on any atom is 0.257 e. The van der Waals surface area contributed by atoms with Gasteiger partial charge in [0.25, 0.3) is 11.9 Å². The smallest absolute Gasteiger partial charge is 0.257 e. The molecule has 32 heavy (non-hydrogen) atoms. The molecule has 2 fully saturated rings. The first-order chi connectivity index (χ1) is 15.6. The zero-order chi connectivity index (χ0) is 22.2. The highest BCUT2D eigenvalue weighted by atomic mass is 16.5. The number of likely N-dealkylation sites (N-methyl/N-ethyl adjacent to an activating group) is 1. The third kappa shape index (κ3) is 3.52. The molecular formula is C22H29N7O3. The summed E-state index contributed by atoms with van der Waals surface area (Å²) in [5.74, 6) is 1.18. The van der Waals surface area contributed by atoms with E-state index in [0.29, 0.717) is 49.5 Å². The number of nitrogens with zero attached hydrogens (tertiary/aromatic N) is 7. The van der Waals surface area contributed by atoms with Gasteiger partial charge in [0, 0.05) is 32.4 Å². The number of rotatable bonds is 4. The lowest BCUT2D eigenvalue weighted by molar-refractivity contribution is -0.120. The average molecular weight is 440 g/mol. The highest BCUT2D eigenvalue weighted by molar-refractivity contribution is 6.04. The highest BCUT2D eigenvalue weighted by Gasteiger charge is 2.41. The SMILES string of the molecule is CC[C@@H]1C(=O)N(C)c2cnc(-n3cc(C(=O)N4CCOCC4)cn3)nc2N1C1CCCC1. The van der Waals surface area contributed by atoms with Crippen molar-refractivity contribution in [2.45, 2.75) is 51.1 Å². The van der Waals surface area contributed by atoms with Crippen LogP contribution in [0.5, 0.6) is 0 Å². The van der Waals surface area contributed by atoms with Crippen LogP contribution in [0.2, 0.25) is 0 Å². The van der Waals surface area contributed by atoms with Crippen LogP contribution in [0.15, 0.2) is 18.6 Å². The molecule has 2 amide bonds. The second-order valence-corrected chi connectivity index (χ2v) is 8.62. The summed E-state index contributed by atoms with van der Waals surface area (Å²) >= 11 is 0. The van der Waals surface area contributed by atoms with Crippen molar-refractivity contribution in [1.82, 2.24) is 24.6 Å². The van der Waals surface area contributed by atoms with Gasteiger partial charge < -0.3 is 19.4 Å². The highest BCUT2D eigenvalue weighted by Crippen LogP contribution is 2.39. The van der Waals surface area contributed by atoms with Crippen molar-refractivity contribution < 1.29 is 14.3 Å². The average Bonchev–Trinajstić information content (AvgIpc) is 3.53. The lowest BCUT2D eigenvalue weighted by Crippen LogP contribution is -2.55. The molecule has 2 aromatic rings. The van der Waals surface area contributed by atoms with Gasteiger partial charge in [-0.25, -0.2) is 9.67 Å². The second kappa shape index (κ2) is 8.50. The van der Waals surface area contributed by atoms with Gasteiger partial charge in [-0.1, -0.05) is 19.8 Å². The van der Waals surface area contributed by atoms with Crippen LogP contribution in [0, 0.1) is 0 Å². The molecule has 4 heterocycles. The van der Waals surface area contributed by atoms with Crippen molar-refractivity contribution in [3.63, 3.8) is 0 Å². The van der Waals surface area contributed by atoms with Crippen molar-refractivity contribution in [2.24, 2.45) is 0 Å². The van der Waals surface area contributed by atoms with Gasteiger partial charge in [-0.3, -0.25) is 9.59 Å². The largest absolute Gasteiger partial charge is 0.378 e. The number of aromatic nitrogens is 4. The van der Waals surface area contributed by atoms with Crippen molar-refractivity contribution in [1.29, 1.82) is 0 Å². The zero-order valence-electron chi connectivity index (χ0n) is 18.6. The normalized spacial score (nSPS) is 21.9. The minimum atomic E-state index is -0.227. The van der Waals surface area contributed by atoms with Gasteiger partial charge in [-0.05, 0) is 19.3 Å². The monoisotopic (exact) mass is 439 g/mol. The fourth-order valence-corrected chi connectivity index (χ4v) is 4.98. The summed E-state index contributed by atoms with van der Waals surface area (Å²) in [4.78, 5) is 40.8. The molecule has 0 bridgehead atoms. The van der Waals surface area contributed by atoms with Crippen LogP contribution in [-0.4, -0.2) is 81.9 Å². The van der Waals surface area contributed by atoms with E-state index in [-0.39, 0.29) is 17.9 Å². The summed E-state index contributed by atoms with van der Waals surface area (Å²) in [7, 11) is 1.78. The first-order valence-electron chi connectivity index (χ1n) is 11.4. The predicted octanol–water partition coefficient (Wildman–Crippen LogP) is 1.64. The summed E-state index contributed by atoms with van der Waals surface area (Å²) in [5.41, 5.74) is 1.21. The number of ether oxygens (including phenoxy) is 1. The van der Waals surface area contributed by atoms with Crippen LogP contribution in [0.25, 0.3) is 5.95 Å². The Morgan fingerprint density at radius 1 is 1.19 bits per heavy atom. The zero-order valence-corrected chi connectivity index (χ0v) is 18.6. The van der Waals surface area contributed by atoms with Gasteiger partial charge >= 0.3 is 0 Å². The van der Waals surface area contributed by atoms with Crippen molar-refractivity contribution >= 4 is 23.3 Å². The maximum absolute atomic E-state index is 13.0. The predicted molar refractivity (Wildman–Crippen MR) is 118 cm³/mol. The Bertz CT molecular complexity index is 1010. The molecule has 0 spiro atoms. The van der Waals surface area contributed by atoms with E-state index in [4.69, 9.17) is 9.72 Å². The van der Waals surface area contributed by atoms with E-state index in [1.54, 1.807) is 35.4 Å². The molecule has 0 N–H and O–H groups in total. The fraction of sp³-hybridized carbons (Fsp3) is 0.591. The number of anilines is 2. The number of carbonyl (C=O) groups is 2. The number of hydrogen-bond acceptors (Lipinski definition) is 7. The number of fused-ring (bicyclic) bond motifs is 1. The Kier molecular flexibility index (Phi) is 5.54. The molecule has 0 radical (unpaired) electrons. The molecule has 10 heteroatoms. The van der Waals surface area contributed by atoms with Gasteiger partial charge in [0.2, 0.25) is 5.91 Å². The number of morpholine rings is 1. The van der Waals surface area contributed by atoms with Crippen molar-refractivity contribution in [3.8, 4) is 5.95 Å². The number of carbonyl (C=O) groups excluding carboxylic acids is 2. The maximum atomic E-state index is 13.0. The summed E-state index contributed by atoms with van der Waals surface area (Å²) in [6.45, 7) is 4.30. The van der Waals surface area contributed by atoms with E-state index in [1.807, 2.05) is 6.92 Å². The Hall–Kier alpha value is -3.01. The fourth-order valence-electron chi connectivity index (χ4n) is 4.98. The Morgan fingerprint density at radius 2 is 1.94 bits per heavy atom. The Morgan fingerprint density at radius 3 is 2.66 bits per heavy atom. The molecule has 0 unspecified atom stereocenters. The van der Waals surface area contributed by atoms with Crippen LogP contribution in [0.4, 0.5) is 11.5 Å². The van der Waals surface area contributed by atoms with E-state index in [9.17, 15) is 9.59 Å². The van der Waals surface area contributed by atoms with Crippen molar-refractivity contribution in [2.75, 3.05) is 43.2 Å². The Balaban J connectivity index is 1.49. The first kappa shape index (κ1) is 20.9. The van der Waals surface area contributed by atoms with Gasteiger partial charge in [0.15, 0.2) is 5.82 Å². The van der Waals surface area contributed by atoms with Crippen LogP contribution in [0.3, 0.4) is 0 Å². The molecule has 5 rings (SSSR count). The lowest BCUT2D eigenvalue weighted by Gasteiger charge is -2.43.